The van der Waals surface area contributed by atoms with Crippen molar-refractivity contribution in [2.75, 3.05) is 0 Å². The Morgan fingerprint density at radius 1 is 0.857 bits per heavy atom. The number of hydrogen-bond acceptors (Lipinski definition) is 2. The van der Waals surface area contributed by atoms with Gasteiger partial charge in [-0.15, -0.1) is 0 Å². The van der Waals surface area contributed by atoms with Gasteiger partial charge in [0.25, 0.3) is 0 Å². The summed E-state index contributed by atoms with van der Waals surface area (Å²) in [6.45, 7) is 0. The Balaban J connectivity index is 2.39. The molecule has 0 aliphatic heterocycles. The molecule has 0 spiro atoms. The molecule has 2 nitrogen and oxygen atoms in total. The molecule has 0 amide bonds. The lowest BCUT2D eigenvalue weighted by molar-refractivity contribution is 0.563. The van der Waals surface area contributed by atoms with Gasteiger partial charge < -0.3 is 0 Å². The number of hydrogen-bond donors (Lipinski definition) is 0. The molecule has 0 unspecified atom stereocenters. The average molecular weight is 182 g/mol. The summed E-state index contributed by atoms with van der Waals surface area (Å²) >= 11 is 0. The molecule has 0 N–H and O–H groups in total. The van der Waals surface area contributed by atoms with Gasteiger partial charge in [-0.1, -0.05) is 24.3 Å². The Morgan fingerprint density at radius 3 is 2.00 bits per heavy atom. The SMILES string of the molecule is O=[C]c1ccc(-c2ccncc2)cc1. The number of carbonyl (C=O) groups excluding carboxylic acids is 1. The standard InChI is InChI=1S/C12H8NO/c14-9-10-1-3-11(4-2-10)12-5-7-13-8-6-12/h1-8H. The first-order chi connectivity index (χ1) is 6.90. The van der Waals surface area contributed by atoms with Gasteiger partial charge in [0, 0.05) is 18.0 Å². The lowest BCUT2D eigenvalue weighted by Gasteiger charge is -1.99. The molecule has 0 saturated carbocycles. The Morgan fingerprint density at radius 2 is 1.43 bits per heavy atom. The molecule has 0 aliphatic carbocycles. The number of benzene rings is 1. The molecular formula is C12H8NO. The lowest BCUT2D eigenvalue weighted by atomic mass is 10.1. The maximum Gasteiger partial charge on any atom is 0.233 e. The third kappa shape index (κ3) is 1.69. The van der Waals surface area contributed by atoms with E-state index in [-0.39, 0.29) is 0 Å². The normalized spacial score (nSPS) is 9.71. The van der Waals surface area contributed by atoms with Crippen molar-refractivity contribution in [2.24, 2.45) is 0 Å². The predicted octanol–water partition coefficient (Wildman–Crippen LogP) is 2.21. The second-order valence-electron chi connectivity index (χ2n) is 2.92. The highest BCUT2D eigenvalue weighted by Gasteiger charge is 1.96. The van der Waals surface area contributed by atoms with Crippen LogP contribution in [-0.4, -0.2) is 11.3 Å². The molecule has 2 heteroatoms. The molecule has 1 aromatic carbocycles. The molecule has 67 valence electrons. The van der Waals surface area contributed by atoms with Gasteiger partial charge in [-0.3, -0.25) is 9.78 Å². The van der Waals surface area contributed by atoms with Crippen LogP contribution >= 0.6 is 0 Å². The smallest absolute Gasteiger partial charge is 0.233 e. The molecule has 2 aromatic rings. The van der Waals surface area contributed by atoms with E-state index in [2.05, 4.69) is 4.98 Å². The van der Waals surface area contributed by atoms with Crippen molar-refractivity contribution in [3.8, 4) is 11.1 Å². The molecule has 0 bridgehead atoms. The summed E-state index contributed by atoms with van der Waals surface area (Å²) in [5.41, 5.74) is 2.74. The minimum absolute atomic E-state index is 0.572. The Bertz CT molecular complexity index is 420. The van der Waals surface area contributed by atoms with E-state index in [9.17, 15) is 4.79 Å². The van der Waals surface area contributed by atoms with Crippen molar-refractivity contribution in [2.45, 2.75) is 0 Å². The van der Waals surface area contributed by atoms with Crippen LogP contribution in [0, 0.1) is 0 Å². The quantitative estimate of drug-likeness (QED) is 0.712. The van der Waals surface area contributed by atoms with Crippen LogP contribution in [-0.2, 0) is 4.79 Å². The van der Waals surface area contributed by atoms with Crippen molar-refractivity contribution in [1.29, 1.82) is 0 Å². The van der Waals surface area contributed by atoms with Gasteiger partial charge in [0.2, 0.25) is 6.29 Å². The highest BCUT2D eigenvalue weighted by molar-refractivity contribution is 5.77. The zero-order valence-corrected chi connectivity index (χ0v) is 7.47. The second kappa shape index (κ2) is 3.83. The monoisotopic (exact) mass is 182 g/mol. The number of rotatable bonds is 2. The molecular weight excluding hydrogens is 174 g/mol. The van der Waals surface area contributed by atoms with Crippen molar-refractivity contribution in [3.05, 3.63) is 54.4 Å². The van der Waals surface area contributed by atoms with Crippen LogP contribution < -0.4 is 0 Å². The fourth-order valence-electron chi connectivity index (χ4n) is 1.28. The molecule has 0 fully saturated rings. The van der Waals surface area contributed by atoms with E-state index in [1.165, 1.54) is 0 Å². The molecule has 2 rings (SSSR count). The van der Waals surface area contributed by atoms with Gasteiger partial charge in [-0.05, 0) is 23.3 Å². The first kappa shape index (κ1) is 8.63. The van der Waals surface area contributed by atoms with Crippen LogP contribution in [0.4, 0.5) is 0 Å². The van der Waals surface area contributed by atoms with Crippen LogP contribution in [0.5, 0.6) is 0 Å². The first-order valence-corrected chi connectivity index (χ1v) is 4.29. The number of nitrogens with zero attached hydrogens (tertiary/aromatic N) is 1. The Hall–Kier alpha value is -1.96. The van der Waals surface area contributed by atoms with Crippen molar-refractivity contribution >= 4 is 6.29 Å². The zero-order chi connectivity index (χ0) is 9.80. The maximum atomic E-state index is 10.3. The molecule has 1 heterocycles. The summed E-state index contributed by atoms with van der Waals surface area (Å²) in [5, 5.41) is 0. The molecule has 1 radical (unpaired) electrons. The Kier molecular flexibility index (Phi) is 2.36. The molecule has 0 saturated heterocycles. The van der Waals surface area contributed by atoms with Crippen molar-refractivity contribution in [1.82, 2.24) is 4.98 Å². The van der Waals surface area contributed by atoms with Gasteiger partial charge in [0.05, 0.1) is 0 Å². The lowest BCUT2D eigenvalue weighted by Crippen LogP contribution is -1.81. The summed E-state index contributed by atoms with van der Waals surface area (Å²) < 4.78 is 0. The highest BCUT2D eigenvalue weighted by Crippen LogP contribution is 2.17. The topological polar surface area (TPSA) is 30.0 Å². The predicted molar refractivity (Wildman–Crippen MR) is 54.5 cm³/mol. The summed E-state index contributed by atoms with van der Waals surface area (Å²) in [4.78, 5) is 14.3. The summed E-state index contributed by atoms with van der Waals surface area (Å²) in [6, 6.07) is 11.2. The van der Waals surface area contributed by atoms with E-state index < -0.39 is 0 Å². The van der Waals surface area contributed by atoms with Crippen LogP contribution in [0.25, 0.3) is 11.1 Å². The van der Waals surface area contributed by atoms with Gasteiger partial charge >= 0.3 is 0 Å². The fourth-order valence-corrected chi connectivity index (χ4v) is 1.28. The van der Waals surface area contributed by atoms with E-state index >= 15 is 0 Å². The third-order valence-electron chi connectivity index (χ3n) is 2.02. The third-order valence-corrected chi connectivity index (χ3v) is 2.02. The Labute approximate surface area is 82.2 Å². The summed E-state index contributed by atoms with van der Waals surface area (Å²) in [7, 11) is 0. The van der Waals surface area contributed by atoms with Crippen LogP contribution in [0.15, 0.2) is 48.8 Å². The molecule has 14 heavy (non-hydrogen) atoms. The van der Waals surface area contributed by atoms with E-state index in [4.69, 9.17) is 0 Å². The summed E-state index contributed by atoms with van der Waals surface area (Å²) in [6.07, 6.45) is 5.33. The van der Waals surface area contributed by atoms with Crippen molar-refractivity contribution < 1.29 is 4.79 Å². The van der Waals surface area contributed by atoms with Crippen LogP contribution in [0.2, 0.25) is 0 Å². The van der Waals surface area contributed by atoms with E-state index in [1.807, 2.05) is 30.6 Å². The maximum absolute atomic E-state index is 10.3. The molecule has 0 atom stereocenters. The van der Waals surface area contributed by atoms with Crippen LogP contribution in [0.3, 0.4) is 0 Å². The molecule has 1 aromatic heterocycles. The minimum Gasteiger partial charge on any atom is -0.285 e. The van der Waals surface area contributed by atoms with Crippen LogP contribution in [0.1, 0.15) is 5.56 Å². The minimum atomic E-state index is 0.572. The van der Waals surface area contributed by atoms with Gasteiger partial charge in [0.15, 0.2) is 0 Å². The fraction of sp³-hybridized carbons (Fsp3) is 0. The summed E-state index contributed by atoms with van der Waals surface area (Å²) in [5.74, 6) is 0. The second-order valence-corrected chi connectivity index (χ2v) is 2.92. The zero-order valence-electron chi connectivity index (χ0n) is 7.47. The average Bonchev–Trinajstić information content (AvgIpc) is 2.30. The number of pyridine rings is 1. The van der Waals surface area contributed by atoms with E-state index in [0.29, 0.717) is 5.56 Å². The van der Waals surface area contributed by atoms with Gasteiger partial charge in [0.1, 0.15) is 0 Å². The van der Waals surface area contributed by atoms with E-state index in [0.717, 1.165) is 11.1 Å². The van der Waals surface area contributed by atoms with Gasteiger partial charge in [-0.25, -0.2) is 0 Å². The van der Waals surface area contributed by atoms with Gasteiger partial charge in [-0.2, -0.15) is 0 Å². The first-order valence-electron chi connectivity index (χ1n) is 4.29. The highest BCUT2D eigenvalue weighted by atomic mass is 16.1. The molecule has 0 aliphatic rings. The number of aromatic nitrogens is 1. The van der Waals surface area contributed by atoms with E-state index in [1.54, 1.807) is 24.5 Å². The van der Waals surface area contributed by atoms with Crippen molar-refractivity contribution in [3.63, 3.8) is 0 Å². The largest absolute Gasteiger partial charge is 0.285 e.